The van der Waals surface area contributed by atoms with Crippen LogP contribution >= 0.6 is 0 Å². The Morgan fingerprint density at radius 1 is 1.33 bits per heavy atom. The summed E-state index contributed by atoms with van der Waals surface area (Å²) in [7, 11) is 1.31. The quantitative estimate of drug-likeness (QED) is 0.570. The highest BCUT2D eigenvalue weighted by Crippen LogP contribution is 2.24. The number of carbonyl (C=O) groups is 1. The number of aromatic nitrogens is 1. The zero-order valence-corrected chi connectivity index (χ0v) is 11.7. The summed E-state index contributed by atoms with van der Waals surface area (Å²) >= 11 is 0. The molecule has 0 saturated carbocycles. The first-order valence-electron chi connectivity index (χ1n) is 6.44. The van der Waals surface area contributed by atoms with Crippen molar-refractivity contribution < 1.29 is 14.6 Å². The lowest BCUT2D eigenvalue weighted by atomic mass is 10.1. The maximum Gasteiger partial charge on any atom is 0.341 e. The molecule has 0 aliphatic heterocycles. The van der Waals surface area contributed by atoms with Crippen LogP contribution in [0.2, 0.25) is 0 Å². The van der Waals surface area contributed by atoms with E-state index in [0.717, 1.165) is 11.1 Å². The van der Waals surface area contributed by atoms with Crippen molar-refractivity contribution in [2.45, 2.75) is 0 Å². The molecule has 6 nitrogen and oxygen atoms in total. The van der Waals surface area contributed by atoms with Crippen LogP contribution < -0.4 is 11.1 Å². The van der Waals surface area contributed by atoms with Crippen LogP contribution in [0, 0.1) is 0 Å². The second-order valence-electron chi connectivity index (χ2n) is 4.38. The third-order valence-corrected chi connectivity index (χ3v) is 2.94. The molecule has 0 saturated heterocycles. The highest BCUT2D eigenvalue weighted by Gasteiger charge is 2.14. The summed E-state index contributed by atoms with van der Waals surface area (Å²) < 4.78 is 4.77. The molecule has 0 unspecified atom stereocenters. The molecule has 0 spiro atoms. The molecule has 1 heterocycles. The van der Waals surface area contributed by atoms with E-state index in [1.54, 1.807) is 24.4 Å². The number of benzene rings is 1. The number of esters is 1. The van der Waals surface area contributed by atoms with Crippen molar-refractivity contribution in [2.24, 2.45) is 0 Å². The minimum atomic E-state index is -0.486. The minimum Gasteiger partial charge on any atom is -0.465 e. The van der Waals surface area contributed by atoms with Gasteiger partial charge in [0.15, 0.2) is 0 Å². The lowest BCUT2D eigenvalue weighted by Gasteiger charge is -2.11. The first-order valence-corrected chi connectivity index (χ1v) is 6.44. The normalized spacial score (nSPS) is 10.2. The Kier molecular flexibility index (Phi) is 4.73. The van der Waals surface area contributed by atoms with Gasteiger partial charge >= 0.3 is 5.97 Å². The third kappa shape index (κ3) is 3.49. The molecule has 0 aliphatic rings. The standard InChI is InChI=1S/C15H17N3O3/c1-21-15(20)13-8-11(9-18-14(13)17-6-7-19)10-2-4-12(16)5-3-10/h2-5,8-9,19H,6-7,16H2,1H3,(H,17,18). The van der Waals surface area contributed by atoms with Crippen LogP contribution in [0.5, 0.6) is 0 Å². The Bertz CT molecular complexity index is 627. The highest BCUT2D eigenvalue weighted by molar-refractivity contribution is 5.96. The smallest absolute Gasteiger partial charge is 0.341 e. The summed E-state index contributed by atoms with van der Waals surface area (Å²) in [5, 5.41) is 11.7. The van der Waals surface area contributed by atoms with Gasteiger partial charge in [-0.25, -0.2) is 9.78 Å². The fourth-order valence-corrected chi connectivity index (χ4v) is 1.88. The molecule has 0 bridgehead atoms. The van der Waals surface area contributed by atoms with Gasteiger partial charge in [0.25, 0.3) is 0 Å². The highest BCUT2D eigenvalue weighted by atomic mass is 16.5. The zero-order chi connectivity index (χ0) is 15.2. The fourth-order valence-electron chi connectivity index (χ4n) is 1.88. The van der Waals surface area contributed by atoms with Crippen LogP contribution in [0.25, 0.3) is 11.1 Å². The van der Waals surface area contributed by atoms with Crippen LogP contribution in [0.1, 0.15) is 10.4 Å². The number of anilines is 2. The Hall–Kier alpha value is -2.60. The number of ether oxygens (including phenoxy) is 1. The van der Waals surface area contributed by atoms with Gasteiger partial charge < -0.3 is 20.9 Å². The molecule has 0 fully saturated rings. The molecule has 2 aromatic rings. The van der Waals surface area contributed by atoms with Gasteiger partial charge in [-0.05, 0) is 23.8 Å². The summed E-state index contributed by atoms with van der Waals surface area (Å²) in [5.41, 5.74) is 8.33. The van der Waals surface area contributed by atoms with Crippen molar-refractivity contribution in [3.05, 3.63) is 42.1 Å². The monoisotopic (exact) mass is 287 g/mol. The van der Waals surface area contributed by atoms with Crippen molar-refractivity contribution in [3.63, 3.8) is 0 Å². The number of methoxy groups -OCH3 is 1. The third-order valence-electron chi connectivity index (χ3n) is 2.94. The number of aliphatic hydroxyl groups is 1. The number of hydrogen-bond donors (Lipinski definition) is 3. The first-order chi connectivity index (χ1) is 10.2. The number of nitrogens with one attached hydrogen (secondary N) is 1. The van der Waals surface area contributed by atoms with E-state index in [1.165, 1.54) is 7.11 Å². The largest absolute Gasteiger partial charge is 0.465 e. The van der Waals surface area contributed by atoms with E-state index in [0.29, 0.717) is 23.6 Å². The number of nitrogens with zero attached hydrogens (tertiary/aromatic N) is 1. The maximum atomic E-state index is 11.9. The van der Waals surface area contributed by atoms with Gasteiger partial charge in [-0.15, -0.1) is 0 Å². The van der Waals surface area contributed by atoms with E-state index < -0.39 is 5.97 Å². The molecular formula is C15H17N3O3. The van der Waals surface area contributed by atoms with Crippen molar-refractivity contribution in [2.75, 3.05) is 31.3 Å². The van der Waals surface area contributed by atoms with Gasteiger partial charge in [0.05, 0.1) is 13.7 Å². The second kappa shape index (κ2) is 6.71. The number of hydrogen-bond acceptors (Lipinski definition) is 6. The maximum absolute atomic E-state index is 11.9. The lowest BCUT2D eigenvalue weighted by molar-refractivity contribution is 0.0601. The van der Waals surface area contributed by atoms with E-state index in [4.69, 9.17) is 15.6 Å². The average Bonchev–Trinajstić information content (AvgIpc) is 2.53. The number of pyridine rings is 1. The molecule has 2 rings (SSSR count). The van der Waals surface area contributed by atoms with E-state index in [9.17, 15) is 4.79 Å². The van der Waals surface area contributed by atoms with Gasteiger partial charge in [-0.1, -0.05) is 12.1 Å². The fraction of sp³-hybridized carbons (Fsp3) is 0.200. The predicted octanol–water partition coefficient (Wildman–Crippen LogP) is 1.52. The first kappa shape index (κ1) is 14.8. The number of nitrogens with two attached hydrogens (primary N) is 1. The molecule has 0 aliphatic carbocycles. The van der Waals surface area contributed by atoms with Crippen molar-refractivity contribution >= 4 is 17.5 Å². The van der Waals surface area contributed by atoms with Gasteiger partial charge in [0.2, 0.25) is 0 Å². The van der Waals surface area contributed by atoms with Crippen LogP contribution in [0.15, 0.2) is 36.5 Å². The minimum absolute atomic E-state index is 0.0536. The topological polar surface area (TPSA) is 97.5 Å². The summed E-state index contributed by atoms with van der Waals surface area (Å²) in [6.45, 7) is 0.250. The van der Waals surface area contributed by atoms with Gasteiger partial charge in [0, 0.05) is 24.0 Å². The van der Waals surface area contributed by atoms with Crippen LogP contribution in [-0.4, -0.2) is 36.3 Å². The van der Waals surface area contributed by atoms with Gasteiger partial charge in [-0.3, -0.25) is 0 Å². The van der Waals surface area contributed by atoms with Gasteiger partial charge in [-0.2, -0.15) is 0 Å². The number of rotatable bonds is 5. The summed E-state index contributed by atoms with van der Waals surface area (Å²) in [6, 6.07) is 8.97. The molecule has 1 aromatic carbocycles. The Morgan fingerprint density at radius 2 is 2.05 bits per heavy atom. The van der Waals surface area contributed by atoms with Crippen molar-refractivity contribution in [3.8, 4) is 11.1 Å². The molecule has 0 radical (unpaired) electrons. The van der Waals surface area contributed by atoms with Crippen LogP contribution in [0.3, 0.4) is 0 Å². The molecule has 21 heavy (non-hydrogen) atoms. The van der Waals surface area contributed by atoms with Gasteiger partial charge in [0.1, 0.15) is 11.4 Å². The Morgan fingerprint density at radius 3 is 2.67 bits per heavy atom. The second-order valence-corrected chi connectivity index (χ2v) is 4.38. The van der Waals surface area contributed by atoms with Crippen molar-refractivity contribution in [1.82, 2.24) is 4.98 Å². The summed E-state index contributed by atoms with van der Waals surface area (Å²) in [4.78, 5) is 16.1. The lowest BCUT2D eigenvalue weighted by Crippen LogP contribution is -2.13. The SMILES string of the molecule is COC(=O)c1cc(-c2ccc(N)cc2)cnc1NCCO. The molecule has 1 aromatic heterocycles. The summed E-state index contributed by atoms with van der Waals surface area (Å²) in [6.07, 6.45) is 1.65. The van der Waals surface area contributed by atoms with E-state index in [-0.39, 0.29) is 6.61 Å². The summed E-state index contributed by atoms with van der Waals surface area (Å²) in [5.74, 6) is -0.102. The molecule has 0 atom stereocenters. The number of carbonyl (C=O) groups excluding carboxylic acids is 1. The average molecular weight is 287 g/mol. The number of nitrogen functional groups attached to an aromatic ring is 1. The van der Waals surface area contributed by atoms with Crippen LogP contribution in [0.4, 0.5) is 11.5 Å². The molecule has 110 valence electrons. The van der Waals surface area contributed by atoms with E-state index in [2.05, 4.69) is 10.3 Å². The van der Waals surface area contributed by atoms with E-state index >= 15 is 0 Å². The van der Waals surface area contributed by atoms with Crippen LogP contribution in [-0.2, 0) is 4.74 Å². The predicted molar refractivity (Wildman–Crippen MR) is 81.0 cm³/mol. The molecule has 6 heteroatoms. The molecular weight excluding hydrogens is 270 g/mol. The zero-order valence-electron chi connectivity index (χ0n) is 11.7. The Labute approximate surface area is 122 Å². The number of aliphatic hydroxyl groups excluding tert-OH is 1. The molecule has 0 amide bonds. The Balaban J connectivity index is 2.40. The molecule has 4 N–H and O–H groups in total. The van der Waals surface area contributed by atoms with Crippen molar-refractivity contribution in [1.29, 1.82) is 0 Å². The van der Waals surface area contributed by atoms with E-state index in [1.807, 2.05) is 12.1 Å².